The molecule has 0 fully saturated rings. The summed E-state index contributed by atoms with van der Waals surface area (Å²) in [6, 6.07) is 3.45. The molecule has 0 aliphatic heterocycles. The molecular formula is C10H16N4O. The van der Waals surface area contributed by atoms with Gasteiger partial charge in [0.25, 0.3) is 0 Å². The largest absolute Gasteiger partial charge is 0.338 e. The Hall–Kier alpha value is -1.65. The summed E-state index contributed by atoms with van der Waals surface area (Å²) in [4.78, 5) is 11.2. The van der Waals surface area contributed by atoms with Crippen LogP contribution in [0.15, 0.2) is 18.3 Å². The maximum atomic E-state index is 11.2. The summed E-state index contributed by atoms with van der Waals surface area (Å²) >= 11 is 0. The van der Waals surface area contributed by atoms with Crippen molar-refractivity contribution < 1.29 is 4.79 Å². The van der Waals surface area contributed by atoms with Gasteiger partial charge in [0.1, 0.15) is 0 Å². The van der Waals surface area contributed by atoms with Gasteiger partial charge in [-0.25, -0.2) is 4.79 Å². The first-order valence-corrected chi connectivity index (χ1v) is 5.11. The minimum atomic E-state index is -0.158. The highest BCUT2D eigenvalue weighted by atomic mass is 16.2. The van der Waals surface area contributed by atoms with E-state index in [0.717, 1.165) is 18.5 Å². The molecule has 0 unspecified atom stereocenters. The van der Waals surface area contributed by atoms with Crippen molar-refractivity contribution in [1.82, 2.24) is 20.8 Å². The van der Waals surface area contributed by atoms with Crippen LogP contribution in [0.3, 0.4) is 0 Å². The van der Waals surface area contributed by atoms with E-state index in [1.165, 1.54) is 0 Å². The molecule has 1 heterocycles. The average Bonchev–Trinajstić information content (AvgIpc) is 2.28. The van der Waals surface area contributed by atoms with E-state index in [1.54, 1.807) is 12.3 Å². The SMILES string of the molecule is CCCCNC(=O)NCc1cccnn1. The molecule has 2 amide bonds. The molecule has 5 nitrogen and oxygen atoms in total. The molecule has 82 valence electrons. The molecule has 15 heavy (non-hydrogen) atoms. The fraction of sp³-hybridized carbons (Fsp3) is 0.500. The van der Waals surface area contributed by atoms with E-state index in [2.05, 4.69) is 27.8 Å². The van der Waals surface area contributed by atoms with Crippen LogP contribution in [0.5, 0.6) is 0 Å². The Labute approximate surface area is 89.3 Å². The number of hydrogen-bond acceptors (Lipinski definition) is 3. The van der Waals surface area contributed by atoms with Crippen molar-refractivity contribution in [2.45, 2.75) is 26.3 Å². The molecule has 0 atom stereocenters. The molecule has 0 aliphatic carbocycles. The van der Waals surface area contributed by atoms with Crippen molar-refractivity contribution >= 4 is 6.03 Å². The minimum absolute atomic E-state index is 0.158. The lowest BCUT2D eigenvalue weighted by molar-refractivity contribution is 0.240. The Balaban J connectivity index is 2.17. The number of hydrogen-bond donors (Lipinski definition) is 2. The molecular weight excluding hydrogens is 192 g/mol. The number of nitrogens with zero attached hydrogens (tertiary/aromatic N) is 2. The number of unbranched alkanes of at least 4 members (excludes halogenated alkanes) is 1. The third-order valence-corrected chi connectivity index (χ3v) is 1.87. The van der Waals surface area contributed by atoms with Crippen LogP contribution in [-0.4, -0.2) is 22.8 Å². The quantitative estimate of drug-likeness (QED) is 0.711. The third-order valence-electron chi connectivity index (χ3n) is 1.87. The second kappa shape index (κ2) is 6.75. The lowest BCUT2D eigenvalue weighted by Crippen LogP contribution is -2.35. The Morgan fingerprint density at radius 2 is 2.33 bits per heavy atom. The predicted octanol–water partition coefficient (Wildman–Crippen LogP) is 1.08. The van der Waals surface area contributed by atoms with E-state index in [-0.39, 0.29) is 6.03 Å². The van der Waals surface area contributed by atoms with Crippen molar-refractivity contribution in [1.29, 1.82) is 0 Å². The second-order valence-electron chi connectivity index (χ2n) is 3.18. The number of amides is 2. The van der Waals surface area contributed by atoms with Crippen LogP contribution in [-0.2, 0) is 6.54 Å². The van der Waals surface area contributed by atoms with Crippen molar-refractivity contribution in [3.8, 4) is 0 Å². The normalized spacial score (nSPS) is 9.67. The van der Waals surface area contributed by atoms with E-state index < -0.39 is 0 Å². The fourth-order valence-electron chi connectivity index (χ4n) is 1.04. The standard InChI is InChI=1S/C10H16N4O/c1-2-3-6-11-10(15)12-8-9-5-4-7-13-14-9/h4-5,7H,2-3,6,8H2,1H3,(H2,11,12,15). The van der Waals surface area contributed by atoms with Gasteiger partial charge in [-0.05, 0) is 18.6 Å². The number of aromatic nitrogens is 2. The number of nitrogens with one attached hydrogen (secondary N) is 2. The Bertz CT molecular complexity index is 289. The Morgan fingerprint density at radius 1 is 1.47 bits per heavy atom. The van der Waals surface area contributed by atoms with Crippen LogP contribution in [0.25, 0.3) is 0 Å². The number of carbonyl (C=O) groups is 1. The molecule has 0 saturated carbocycles. The zero-order valence-corrected chi connectivity index (χ0v) is 8.86. The van der Waals surface area contributed by atoms with Crippen molar-refractivity contribution in [2.75, 3.05) is 6.54 Å². The van der Waals surface area contributed by atoms with E-state index in [4.69, 9.17) is 0 Å². The molecule has 1 aromatic rings. The van der Waals surface area contributed by atoms with Gasteiger partial charge >= 0.3 is 6.03 Å². The van der Waals surface area contributed by atoms with Crippen LogP contribution in [0, 0.1) is 0 Å². The average molecular weight is 208 g/mol. The maximum Gasteiger partial charge on any atom is 0.315 e. The first-order chi connectivity index (χ1) is 7.33. The van der Waals surface area contributed by atoms with Crippen molar-refractivity contribution in [3.05, 3.63) is 24.0 Å². The lowest BCUT2D eigenvalue weighted by Gasteiger charge is -2.05. The van der Waals surface area contributed by atoms with Crippen molar-refractivity contribution in [3.63, 3.8) is 0 Å². The molecule has 1 rings (SSSR count). The zero-order chi connectivity index (χ0) is 10.9. The highest BCUT2D eigenvalue weighted by Gasteiger charge is 1.99. The van der Waals surface area contributed by atoms with E-state index >= 15 is 0 Å². The van der Waals surface area contributed by atoms with Gasteiger partial charge in [0.05, 0.1) is 12.2 Å². The number of carbonyl (C=O) groups excluding carboxylic acids is 1. The summed E-state index contributed by atoms with van der Waals surface area (Å²) in [6.45, 7) is 3.20. The molecule has 2 N–H and O–H groups in total. The molecule has 0 aliphatic rings. The molecule has 0 spiro atoms. The first-order valence-electron chi connectivity index (χ1n) is 5.11. The highest BCUT2D eigenvalue weighted by Crippen LogP contribution is 1.89. The summed E-state index contributed by atoms with van der Waals surface area (Å²) in [5, 5.41) is 13.0. The number of urea groups is 1. The molecule has 0 aromatic carbocycles. The summed E-state index contributed by atoms with van der Waals surface area (Å²) in [5.41, 5.74) is 0.753. The van der Waals surface area contributed by atoms with Gasteiger partial charge < -0.3 is 10.6 Å². The Kier molecular flexibility index (Phi) is 5.14. The van der Waals surface area contributed by atoms with Crippen LogP contribution in [0.2, 0.25) is 0 Å². The van der Waals surface area contributed by atoms with Gasteiger partial charge in [-0.2, -0.15) is 10.2 Å². The summed E-state index contributed by atoms with van der Waals surface area (Å²) in [5.74, 6) is 0. The van der Waals surface area contributed by atoms with Gasteiger partial charge in [0, 0.05) is 12.7 Å². The Morgan fingerprint density at radius 3 is 3.00 bits per heavy atom. The van der Waals surface area contributed by atoms with Gasteiger partial charge in [-0.1, -0.05) is 13.3 Å². The fourth-order valence-corrected chi connectivity index (χ4v) is 1.04. The first kappa shape index (κ1) is 11.4. The topological polar surface area (TPSA) is 66.9 Å². The summed E-state index contributed by atoms with van der Waals surface area (Å²) in [6.07, 6.45) is 3.67. The zero-order valence-electron chi connectivity index (χ0n) is 8.86. The molecule has 5 heteroatoms. The molecule has 0 saturated heterocycles. The van der Waals surface area contributed by atoms with Gasteiger partial charge in [-0.15, -0.1) is 0 Å². The predicted molar refractivity (Wildman–Crippen MR) is 57.2 cm³/mol. The second-order valence-corrected chi connectivity index (χ2v) is 3.18. The smallest absolute Gasteiger partial charge is 0.315 e. The monoisotopic (exact) mass is 208 g/mol. The van der Waals surface area contributed by atoms with E-state index in [1.807, 2.05) is 6.07 Å². The third kappa shape index (κ3) is 4.95. The summed E-state index contributed by atoms with van der Waals surface area (Å²) < 4.78 is 0. The molecule has 0 bridgehead atoms. The van der Waals surface area contributed by atoms with Gasteiger partial charge in [0.2, 0.25) is 0 Å². The summed E-state index contributed by atoms with van der Waals surface area (Å²) in [7, 11) is 0. The van der Waals surface area contributed by atoms with E-state index in [0.29, 0.717) is 13.1 Å². The number of rotatable bonds is 5. The maximum absolute atomic E-state index is 11.2. The van der Waals surface area contributed by atoms with Gasteiger partial charge in [0.15, 0.2) is 0 Å². The molecule has 0 radical (unpaired) electrons. The van der Waals surface area contributed by atoms with Crippen molar-refractivity contribution in [2.24, 2.45) is 0 Å². The van der Waals surface area contributed by atoms with Crippen LogP contribution in [0.1, 0.15) is 25.5 Å². The minimum Gasteiger partial charge on any atom is -0.338 e. The van der Waals surface area contributed by atoms with Crippen LogP contribution in [0.4, 0.5) is 4.79 Å². The molecule has 1 aromatic heterocycles. The lowest BCUT2D eigenvalue weighted by atomic mass is 10.3. The van der Waals surface area contributed by atoms with Crippen LogP contribution < -0.4 is 10.6 Å². The van der Waals surface area contributed by atoms with Gasteiger partial charge in [-0.3, -0.25) is 0 Å². The van der Waals surface area contributed by atoms with E-state index in [9.17, 15) is 4.79 Å². The van der Waals surface area contributed by atoms with Crippen LogP contribution >= 0.6 is 0 Å². The highest BCUT2D eigenvalue weighted by molar-refractivity contribution is 5.73.